The minimum atomic E-state index is 0.142. The largest absolute Gasteiger partial charge is 0.339 e. The zero-order chi connectivity index (χ0) is 26.7. The van der Waals surface area contributed by atoms with E-state index in [1.165, 1.54) is 67.3 Å². The molecule has 2 heterocycles. The van der Waals surface area contributed by atoms with Crippen molar-refractivity contribution in [2.45, 2.75) is 104 Å². The lowest BCUT2D eigenvalue weighted by Gasteiger charge is -2.48. The molecule has 0 N–H and O–H groups in total. The molecule has 0 spiro atoms. The van der Waals surface area contributed by atoms with Crippen LogP contribution in [0.5, 0.6) is 0 Å². The van der Waals surface area contributed by atoms with Crippen molar-refractivity contribution in [3.8, 4) is 12.3 Å². The van der Waals surface area contributed by atoms with Gasteiger partial charge in [0.2, 0.25) is 0 Å². The van der Waals surface area contributed by atoms with Crippen molar-refractivity contribution in [3.05, 3.63) is 93.9 Å². The van der Waals surface area contributed by atoms with Gasteiger partial charge in [-0.3, -0.25) is 0 Å². The van der Waals surface area contributed by atoms with Gasteiger partial charge in [-0.25, -0.2) is 0 Å². The van der Waals surface area contributed by atoms with E-state index in [4.69, 9.17) is 6.42 Å². The summed E-state index contributed by atoms with van der Waals surface area (Å²) in [5.41, 5.74) is 12.5. The molecule has 4 rings (SSSR count). The Hall–Kier alpha value is -2.72. The summed E-state index contributed by atoms with van der Waals surface area (Å²) in [7, 11) is 0. The maximum atomic E-state index is 5.84. The summed E-state index contributed by atoms with van der Waals surface area (Å²) in [4.78, 5) is 2.34. The second kappa shape index (κ2) is 11.8. The van der Waals surface area contributed by atoms with E-state index in [0.717, 1.165) is 24.1 Å². The van der Waals surface area contributed by atoms with E-state index in [1.807, 2.05) is 0 Å². The number of aryl methyl sites for hydroxylation is 3. The molecule has 0 amide bonds. The predicted molar refractivity (Wildman–Crippen MR) is 160 cm³/mol. The molecule has 1 fully saturated rings. The SMILES string of the molecule is C#CC1C(=C)N2C(C(=C)C)=C(/C=C/CCc3cc(CCCCC)cc(C)c3C3C=C(C)CCC3)C(C)C12. The highest BCUT2D eigenvalue weighted by atomic mass is 15.3. The van der Waals surface area contributed by atoms with Gasteiger partial charge in [-0.1, -0.05) is 81.7 Å². The van der Waals surface area contributed by atoms with E-state index in [1.54, 1.807) is 16.7 Å². The average Bonchev–Trinajstić information content (AvgIpc) is 3.10. The molecule has 0 aromatic heterocycles. The summed E-state index contributed by atoms with van der Waals surface area (Å²) in [5, 5.41) is 0. The van der Waals surface area contributed by atoms with E-state index in [0.29, 0.717) is 17.9 Å². The van der Waals surface area contributed by atoms with Crippen LogP contribution in [0.2, 0.25) is 0 Å². The second-order valence-corrected chi connectivity index (χ2v) is 11.8. The molecule has 1 heteroatoms. The van der Waals surface area contributed by atoms with Crippen molar-refractivity contribution in [1.29, 1.82) is 0 Å². The quantitative estimate of drug-likeness (QED) is 0.178. The first-order valence-corrected chi connectivity index (χ1v) is 14.6. The molecule has 196 valence electrons. The van der Waals surface area contributed by atoms with Gasteiger partial charge in [0.05, 0.1) is 12.0 Å². The van der Waals surface area contributed by atoms with Gasteiger partial charge in [-0.15, -0.1) is 6.42 Å². The van der Waals surface area contributed by atoms with Gasteiger partial charge in [0.1, 0.15) is 0 Å². The lowest BCUT2D eigenvalue weighted by Crippen LogP contribution is -2.51. The Balaban J connectivity index is 1.57. The molecule has 0 saturated carbocycles. The molecule has 0 radical (unpaired) electrons. The van der Waals surface area contributed by atoms with Gasteiger partial charge in [0, 0.05) is 23.2 Å². The molecule has 1 aromatic carbocycles. The normalized spacial score (nSPS) is 25.2. The van der Waals surface area contributed by atoms with E-state index in [2.05, 4.69) is 89.0 Å². The van der Waals surface area contributed by atoms with Crippen LogP contribution >= 0.6 is 0 Å². The van der Waals surface area contributed by atoms with Crippen molar-refractivity contribution in [1.82, 2.24) is 4.90 Å². The average molecular weight is 494 g/mol. The van der Waals surface area contributed by atoms with Gasteiger partial charge in [-0.05, 0) is 99.1 Å². The van der Waals surface area contributed by atoms with Gasteiger partial charge in [0.25, 0.3) is 0 Å². The van der Waals surface area contributed by atoms with Crippen LogP contribution in [0.25, 0.3) is 0 Å². The van der Waals surface area contributed by atoms with Crippen LogP contribution < -0.4 is 0 Å². The molecule has 1 aromatic rings. The lowest BCUT2D eigenvalue weighted by molar-refractivity contribution is 0.153. The molecule has 1 nitrogen and oxygen atoms in total. The van der Waals surface area contributed by atoms with Crippen molar-refractivity contribution in [2.75, 3.05) is 0 Å². The van der Waals surface area contributed by atoms with Crippen LogP contribution in [0, 0.1) is 31.1 Å². The lowest BCUT2D eigenvalue weighted by atomic mass is 9.79. The van der Waals surface area contributed by atoms with Crippen molar-refractivity contribution < 1.29 is 0 Å². The number of hydrogen-bond donors (Lipinski definition) is 0. The van der Waals surface area contributed by atoms with Crippen LogP contribution in [0.15, 0.2) is 71.6 Å². The number of allylic oxidation sites excluding steroid dienone is 5. The zero-order valence-corrected chi connectivity index (χ0v) is 24.0. The van der Waals surface area contributed by atoms with Crippen molar-refractivity contribution >= 4 is 0 Å². The third-order valence-corrected chi connectivity index (χ3v) is 8.83. The standard InChI is InChI=1S/C36H47N/c1-9-11-12-17-29-22-26(6)34(30-19-15-16-25(5)21-30)31(23-29)18-13-14-20-33-27(7)36-32(10-2)28(8)37(36)35(33)24(3)4/h2,14,20-23,27,30,32,36H,3,8-9,11-13,15-19H2,1,4-7H3/b20-14+. The minimum Gasteiger partial charge on any atom is -0.339 e. The Kier molecular flexibility index (Phi) is 8.69. The Morgan fingerprint density at radius 2 is 2.00 bits per heavy atom. The van der Waals surface area contributed by atoms with Crippen LogP contribution in [0.3, 0.4) is 0 Å². The van der Waals surface area contributed by atoms with E-state index >= 15 is 0 Å². The van der Waals surface area contributed by atoms with E-state index in [-0.39, 0.29) is 5.92 Å². The highest BCUT2D eigenvalue weighted by Crippen LogP contribution is 2.52. The molecule has 2 aliphatic heterocycles. The Labute approximate surface area is 227 Å². The van der Waals surface area contributed by atoms with E-state index < -0.39 is 0 Å². The second-order valence-electron chi connectivity index (χ2n) is 11.8. The Morgan fingerprint density at radius 1 is 1.22 bits per heavy atom. The number of terminal acetylenes is 1. The van der Waals surface area contributed by atoms with Crippen LogP contribution in [0.1, 0.15) is 101 Å². The third kappa shape index (κ3) is 5.45. The fourth-order valence-corrected chi connectivity index (χ4v) is 7.03. The van der Waals surface area contributed by atoms with Crippen molar-refractivity contribution in [2.24, 2.45) is 11.8 Å². The summed E-state index contributed by atoms with van der Waals surface area (Å²) in [6, 6.07) is 5.35. The van der Waals surface area contributed by atoms with E-state index in [9.17, 15) is 0 Å². The van der Waals surface area contributed by atoms with Crippen LogP contribution in [0.4, 0.5) is 0 Å². The predicted octanol–water partition coefficient (Wildman–Crippen LogP) is 9.36. The molecule has 4 unspecified atom stereocenters. The summed E-state index contributed by atoms with van der Waals surface area (Å²) in [6.07, 6.45) is 24.2. The maximum absolute atomic E-state index is 5.84. The van der Waals surface area contributed by atoms with Gasteiger partial charge < -0.3 is 4.90 Å². The highest BCUT2D eigenvalue weighted by Gasteiger charge is 2.51. The minimum absolute atomic E-state index is 0.142. The number of unbranched alkanes of at least 4 members (excludes halogenated alkanes) is 2. The Bertz CT molecular complexity index is 1180. The number of fused-ring (bicyclic) bond motifs is 1. The molecule has 4 atom stereocenters. The summed E-state index contributed by atoms with van der Waals surface area (Å²) < 4.78 is 0. The number of benzene rings is 1. The maximum Gasteiger partial charge on any atom is 0.0809 e. The van der Waals surface area contributed by atoms with Gasteiger partial charge in [-0.2, -0.15) is 0 Å². The number of hydrogen-bond acceptors (Lipinski definition) is 1. The first-order valence-electron chi connectivity index (χ1n) is 14.6. The zero-order valence-electron chi connectivity index (χ0n) is 24.0. The molecule has 1 saturated heterocycles. The highest BCUT2D eigenvalue weighted by molar-refractivity contribution is 5.52. The molecule has 37 heavy (non-hydrogen) atoms. The number of rotatable bonds is 10. The first-order chi connectivity index (χ1) is 17.8. The van der Waals surface area contributed by atoms with Crippen molar-refractivity contribution in [3.63, 3.8) is 0 Å². The molecule has 0 bridgehead atoms. The smallest absolute Gasteiger partial charge is 0.0809 e. The molecular weight excluding hydrogens is 446 g/mol. The topological polar surface area (TPSA) is 3.24 Å². The Morgan fingerprint density at radius 3 is 2.68 bits per heavy atom. The van der Waals surface area contributed by atoms with Crippen LogP contribution in [-0.4, -0.2) is 10.9 Å². The fourth-order valence-electron chi connectivity index (χ4n) is 7.03. The van der Waals surface area contributed by atoms with Gasteiger partial charge >= 0.3 is 0 Å². The first kappa shape index (κ1) is 27.3. The summed E-state index contributed by atoms with van der Waals surface area (Å²) in [6.45, 7) is 19.9. The molecule has 3 aliphatic rings. The summed E-state index contributed by atoms with van der Waals surface area (Å²) in [5.74, 6) is 4.07. The molecular formula is C36H47N. The van der Waals surface area contributed by atoms with Gasteiger partial charge in [0.15, 0.2) is 0 Å². The number of nitrogens with zero attached hydrogens (tertiary/aromatic N) is 1. The molecule has 1 aliphatic carbocycles. The monoisotopic (exact) mass is 493 g/mol. The summed E-state index contributed by atoms with van der Waals surface area (Å²) >= 11 is 0. The third-order valence-electron chi connectivity index (χ3n) is 8.83. The fraction of sp³-hybridized carbons (Fsp3) is 0.500. The van der Waals surface area contributed by atoms with Crippen LogP contribution in [-0.2, 0) is 12.8 Å².